The molecule has 0 unspecified atom stereocenters. The van der Waals surface area contributed by atoms with Crippen molar-refractivity contribution >= 4 is 11.8 Å². The molecule has 2 amide bonds. The first-order valence-corrected chi connectivity index (χ1v) is 10.5. The van der Waals surface area contributed by atoms with Gasteiger partial charge in [-0.15, -0.1) is 0 Å². The standard InChI is InChI=1S/C22H34N4O2/c1-17(2)19-5-3-18(4-6-19)15-24-11-13-25(14-12-24)16-21(27)26-9-7-20(8-10-26)22(23)28/h3-6,17,20H,7-16H2,1-2H3,(H2,23,28). The molecule has 0 radical (unpaired) electrons. The number of carbonyl (C=O) groups excluding carboxylic acids is 2. The summed E-state index contributed by atoms with van der Waals surface area (Å²) in [5, 5.41) is 0. The summed E-state index contributed by atoms with van der Waals surface area (Å²) >= 11 is 0. The summed E-state index contributed by atoms with van der Waals surface area (Å²) in [6.45, 7) is 11.0. The summed E-state index contributed by atoms with van der Waals surface area (Å²) in [6.07, 6.45) is 1.40. The summed E-state index contributed by atoms with van der Waals surface area (Å²) in [4.78, 5) is 30.4. The smallest absolute Gasteiger partial charge is 0.236 e. The van der Waals surface area contributed by atoms with Crippen LogP contribution >= 0.6 is 0 Å². The highest BCUT2D eigenvalue weighted by atomic mass is 16.2. The zero-order chi connectivity index (χ0) is 20.1. The van der Waals surface area contributed by atoms with Crippen molar-refractivity contribution in [3.63, 3.8) is 0 Å². The van der Waals surface area contributed by atoms with Gasteiger partial charge in [-0.05, 0) is 29.9 Å². The first-order chi connectivity index (χ1) is 13.4. The average molecular weight is 387 g/mol. The maximum atomic E-state index is 12.6. The number of amides is 2. The maximum Gasteiger partial charge on any atom is 0.236 e. The lowest BCUT2D eigenvalue weighted by atomic mass is 9.96. The van der Waals surface area contributed by atoms with Crippen LogP contribution in [0.15, 0.2) is 24.3 Å². The van der Waals surface area contributed by atoms with Crippen LogP contribution in [0.25, 0.3) is 0 Å². The van der Waals surface area contributed by atoms with Gasteiger partial charge in [-0.2, -0.15) is 0 Å². The molecule has 2 saturated heterocycles. The zero-order valence-corrected chi connectivity index (χ0v) is 17.3. The van der Waals surface area contributed by atoms with Crippen LogP contribution in [0.2, 0.25) is 0 Å². The molecule has 2 heterocycles. The lowest BCUT2D eigenvalue weighted by molar-refractivity contribution is -0.136. The Balaban J connectivity index is 1.39. The number of carbonyl (C=O) groups is 2. The fraction of sp³-hybridized carbons (Fsp3) is 0.636. The Morgan fingerprint density at radius 2 is 1.54 bits per heavy atom. The molecule has 0 bridgehead atoms. The molecule has 6 heteroatoms. The third-order valence-corrected chi connectivity index (χ3v) is 6.13. The van der Waals surface area contributed by atoms with Gasteiger partial charge in [-0.1, -0.05) is 38.1 Å². The summed E-state index contributed by atoms with van der Waals surface area (Å²) in [7, 11) is 0. The molecule has 2 aliphatic rings. The predicted octanol–water partition coefficient (Wildman–Crippen LogP) is 1.65. The van der Waals surface area contributed by atoms with Gasteiger partial charge in [0, 0.05) is 51.7 Å². The number of nitrogens with zero attached hydrogens (tertiary/aromatic N) is 3. The van der Waals surface area contributed by atoms with E-state index in [0.29, 0.717) is 38.4 Å². The Morgan fingerprint density at radius 1 is 0.964 bits per heavy atom. The van der Waals surface area contributed by atoms with Crippen molar-refractivity contribution in [3.05, 3.63) is 35.4 Å². The van der Waals surface area contributed by atoms with E-state index >= 15 is 0 Å². The second-order valence-corrected chi connectivity index (χ2v) is 8.51. The van der Waals surface area contributed by atoms with Crippen molar-refractivity contribution < 1.29 is 9.59 Å². The Labute approximate surface area is 168 Å². The van der Waals surface area contributed by atoms with E-state index in [1.807, 2.05) is 4.90 Å². The Kier molecular flexibility index (Phi) is 7.08. The van der Waals surface area contributed by atoms with Gasteiger partial charge in [0.1, 0.15) is 0 Å². The van der Waals surface area contributed by atoms with Crippen LogP contribution in [0.5, 0.6) is 0 Å². The van der Waals surface area contributed by atoms with Gasteiger partial charge in [0.15, 0.2) is 0 Å². The summed E-state index contributed by atoms with van der Waals surface area (Å²) in [6, 6.07) is 8.94. The molecule has 0 spiro atoms. The number of piperazine rings is 1. The second kappa shape index (κ2) is 9.52. The van der Waals surface area contributed by atoms with Gasteiger partial charge in [0.05, 0.1) is 6.54 Å². The first kappa shape index (κ1) is 20.8. The number of likely N-dealkylation sites (tertiary alicyclic amines) is 1. The van der Waals surface area contributed by atoms with Gasteiger partial charge in [0.2, 0.25) is 11.8 Å². The fourth-order valence-electron chi connectivity index (χ4n) is 4.08. The van der Waals surface area contributed by atoms with Crippen LogP contribution in [0.4, 0.5) is 0 Å². The van der Waals surface area contributed by atoms with E-state index in [2.05, 4.69) is 47.9 Å². The van der Waals surface area contributed by atoms with Gasteiger partial charge < -0.3 is 10.6 Å². The summed E-state index contributed by atoms with van der Waals surface area (Å²) < 4.78 is 0. The number of piperidine rings is 1. The Hall–Kier alpha value is -1.92. The fourth-order valence-corrected chi connectivity index (χ4v) is 4.08. The molecular weight excluding hydrogens is 352 g/mol. The van der Waals surface area contributed by atoms with Gasteiger partial charge >= 0.3 is 0 Å². The van der Waals surface area contributed by atoms with E-state index < -0.39 is 0 Å². The van der Waals surface area contributed by atoms with E-state index in [1.165, 1.54) is 11.1 Å². The number of rotatable bonds is 6. The number of benzene rings is 1. The second-order valence-electron chi connectivity index (χ2n) is 8.51. The summed E-state index contributed by atoms with van der Waals surface area (Å²) in [5.41, 5.74) is 8.11. The number of primary amides is 1. The minimum Gasteiger partial charge on any atom is -0.369 e. The molecule has 2 aliphatic heterocycles. The minimum atomic E-state index is -0.234. The largest absolute Gasteiger partial charge is 0.369 e. The molecule has 28 heavy (non-hydrogen) atoms. The molecule has 0 saturated carbocycles. The third-order valence-electron chi connectivity index (χ3n) is 6.13. The van der Waals surface area contributed by atoms with Crippen molar-refractivity contribution in [3.8, 4) is 0 Å². The highest BCUT2D eigenvalue weighted by molar-refractivity contribution is 5.80. The quantitative estimate of drug-likeness (QED) is 0.807. The Bertz CT molecular complexity index is 658. The topological polar surface area (TPSA) is 69.9 Å². The van der Waals surface area contributed by atoms with Crippen LogP contribution in [-0.2, 0) is 16.1 Å². The van der Waals surface area contributed by atoms with Crippen LogP contribution in [0.1, 0.15) is 43.7 Å². The predicted molar refractivity (Wildman–Crippen MR) is 111 cm³/mol. The maximum absolute atomic E-state index is 12.6. The third kappa shape index (κ3) is 5.55. The van der Waals surface area contributed by atoms with Crippen LogP contribution in [0, 0.1) is 5.92 Å². The molecule has 0 aliphatic carbocycles. The molecule has 0 atom stereocenters. The van der Waals surface area contributed by atoms with Crippen molar-refractivity contribution in [2.45, 2.75) is 39.2 Å². The van der Waals surface area contributed by atoms with Crippen LogP contribution in [-0.4, -0.2) is 72.3 Å². The van der Waals surface area contributed by atoms with Crippen LogP contribution < -0.4 is 5.73 Å². The molecule has 154 valence electrons. The van der Waals surface area contributed by atoms with Crippen molar-refractivity contribution in [2.24, 2.45) is 11.7 Å². The number of nitrogens with two attached hydrogens (primary N) is 1. The van der Waals surface area contributed by atoms with E-state index in [1.54, 1.807) is 0 Å². The zero-order valence-electron chi connectivity index (χ0n) is 17.3. The monoisotopic (exact) mass is 386 g/mol. The molecule has 0 aromatic heterocycles. The van der Waals surface area contributed by atoms with Gasteiger partial charge in [-0.3, -0.25) is 19.4 Å². The van der Waals surface area contributed by atoms with Crippen molar-refractivity contribution in [1.82, 2.24) is 14.7 Å². The van der Waals surface area contributed by atoms with E-state index in [9.17, 15) is 9.59 Å². The number of hydrogen-bond acceptors (Lipinski definition) is 4. The minimum absolute atomic E-state index is 0.0674. The molecular formula is C22H34N4O2. The SMILES string of the molecule is CC(C)c1ccc(CN2CCN(CC(=O)N3CCC(C(N)=O)CC3)CC2)cc1. The summed E-state index contributed by atoms with van der Waals surface area (Å²) in [5.74, 6) is 0.446. The molecule has 2 fully saturated rings. The average Bonchev–Trinajstić information content (AvgIpc) is 2.70. The van der Waals surface area contributed by atoms with Crippen LogP contribution in [0.3, 0.4) is 0 Å². The highest BCUT2D eigenvalue weighted by Crippen LogP contribution is 2.18. The number of hydrogen-bond donors (Lipinski definition) is 1. The highest BCUT2D eigenvalue weighted by Gasteiger charge is 2.27. The van der Waals surface area contributed by atoms with Crippen molar-refractivity contribution in [2.75, 3.05) is 45.8 Å². The van der Waals surface area contributed by atoms with Crippen molar-refractivity contribution in [1.29, 1.82) is 0 Å². The molecule has 1 aromatic rings. The van der Waals surface area contributed by atoms with E-state index in [0.717, 1.165) is 32.7 Å². The molecule has 3 rings (SSSR count). The van der Waals surface area contributed by atoms with E-state index in [-0.39, 0.29) is 17.7 Å². The molecule has 2 N–H and O–H groups in total. The molecule has 1 aromatic carbocycles. The normalized spacial score (nSPS) is 19.9. The lowest BCUT2D eigenvalue weighted by Crippen LogP contribution is -2.51. The van der Waals surface area contributed by atoms with Gasteiger partial charge in [0.25, 0.3) is 0 Å². The first-order valence-electron chi connectivity index (χ1n) is 10.5. The Morgan fingerprint density at radius 3 is 2.07 bits per heavy atom. The molecule has 6 nitrogen and oxygen atoms in total. The van der Waals surface area contributed by atoms with E-state index in [4.69, 9.17) is 5.73 Å². The van der Waals surface area contributed by atoms with Gasteiger partial charge in [-0.25, -0.2) is 0 Å². The lowest BCUT2D eigenvalue weighted by Gasteiger charge is -2.36.